The van der Waals surface area contributed by atoms with Crippen LogP contribution in [0.3, 0.4) is 0 Å². The molecule has 0 aliphatic carbocycles. The summed E-state index contributed by atoms with van der Waals surface area (Å²) in [6.07, 6.45) is 0. The van der Waals surface area contributed by atoms with E-state index in [9.17, 15) is 13.0 Å². The molecule has 0 aliphatic rings. The molecule has 1 heterocycles. The van der Waals surface area contributed by atoms with Crippen molar-refractivity contribution in [2.45, 2.75) is 5.75 Å². The number of aromatic nitrogens is 2. The Labute approximate surface area is 134 Å². The Morgan fingerprint density at radius 2 is 1.89 bits per heavy atom. The molecule has 0 aliphatic heterocycles. The monoisotopic (exact) mass is 340 g/mol. The quantitative estimate of drug-likeness (QED) is 0.501. The third-order valence-electron chi connectivity index (χ3n) is 1.87. The molecule has 0 bridgehead atoms. The molecular weight excluding hydrogens is 335 g/mol. The molecule has 1 aromatic carbocycles. The van der Waals surface area contributed by atoms with Crippen LogP contribution in [-0.2, 0) is 15.9 Å². The Morgan fingerprint density at radius 1 is 1.28 bits per heavy atom. The van der Waals surface area contributed by atoms with Gasteiger partial charge in [-0.25, -0.2) is 8.42 Å². The average Bonchev–Trinajstić information content (AvgIpc) is 2.64. The normalized spacial score (nSPS) is 11.0. The van der Waals surface area contributed by atoms with E-state index < -0.39 is 15.9 Å². The summed E-state index contributed by atoms with van der Waals surface area (Å²) in [7, 11) is -4.41. The fraction of sp³-hybridized carbons (Fsp3) is 0.111. The molecule has 18 heavy (non-hydrogen) atoms. The standard InChI is InChI=1S/C9H7BrN2O4S.Na/c10-7-3-1-6(2-4-7)9-11-8(16-12-9)5-17(13,14)15;/h1-4H,5H2,(H,13,14,15);/q;+1/p-1. The van der Waals surface area contributed by atoms with Crippen LogP contribution in [0.4, 0.5) is 0 Å². The van der Waals surface area contributed by atoms with Gasteiger partial charge in [0.05, 0.1) is 0 Å². The summed E-state index contributed by atoms with van der Waals surface area (Å²) in [6.45, 7) is 0. The molecule has 2 aromatic rings. The van der Waals surface area contributed by atoms with Gasteiger partial charge >= 0.3 is 29.6 Å². The van der Waals surface area contributed by atoms with Crippen LogP contribution in [0.2, 0.25) is 0 Å². The predicted molar refractivity (Wildman–Crippen MR) is 60.8 cm³/mol. The van der Waals surface area contributed by atoms with E-state index in [4.69, 9.17) is 0 Å². The van der Waals surface area contributed by atoms with Gasteiger partial charge in [-0.2, -0.15) is 4.98 Å². The Morgan fingerprint density at radius 3 is 2.44 bits per heavy atom. The number of rotatable bonds is 3. The Hall–Kier alpha value is -0.250. The van der Waals surface area contributed by atoms with Crippen molar-refractivity contribution in [2.75, 3.05) is 0 Å². The number of hydrogen-bond acceptors (Lipinski definition) is 6. The van der Waals surface area contributed by atoms with E-state index in [0.717, 1.165) is 4.47 Å². The molecule has 0 unspecified atom stereocenters. The molecule has 1 aromatic heterocycles. The molecule has 90 valence electrons. The van der Waals surface area contributed by atoms with Gasteiger partial charge in [0.15, 0.2) is 0 Å². The van der Waals surface area contributed by atoms with Crippen molar-refractivity contribution >= 4 is 26.0 Å². The smallest absolute Gasteiger partial charge is 0.748 e. The zero-order valence-electron chi connectivity index (χ0n) is 9.33. The van der Waals surface area contributed by atoms with E-state index >= 15 is 0 Å². The predicted octanol–water partition coefficient (Wildman–Crippen LogP) is -1.45. The van der Waals surface area contributed by atoms with Gasteiger partial charge in [0.2, 0.25) is 11.7 Å². The minimum absolute atomic E-state index is 0. The van der Waals surface area contributed by atoms with Gasteiger partial charge in [-0.05, 0) is 24.3 Å². The van der Waals surface area contributed by atoms with Gasteiger partial charge < -0.3 is 9.08 Å². The Balaban J connectivity index is 0.00000162. The molecule has 0 radical (unpaired) electrons. The minimum Gasteiger partial charge on any atom is -0.748 e. The van der Waals surface area contributed by atoms with E-state index in [1.807, 2.05) is 0 Å². The molecular formula is C9H6BrN2NaO4S. The molecule has 0 atom stereocenters. The van der Waals surface area contributed by atoms with Gasteiger partial charge in [-0.3, -0.25) is 0 Å². The molecule has 9 heteroatoms. The Bertz CT molecular complexity index is 626. The van der Waals surface area contributed by atoms with Crippen molar-refractivity contribution in [1.82, 2.24) is 10.1 Å². The SMILES string of the molecule is O=S(=O)([O-])Cc1nc(-c2ccc(Br)cc2)no1.[Na+]. The van der Waals surface area contributed by atoms with Crippen molar-refractivity contribution in [3.63, 3.8) is 0 Å². The van der Waals surface area contributed by atoms with E-state index in [0.29, 0.717) is 5.56 Å². The summed E-state index contributed by atoms with van der Waals surface area (Å²) in [5.74, 6) is -0.759. The van der Waals surface area contributed by atoms with Crippen molar-refractivity contribution in [2.24, 2.45) is 0 Å². The van der Waals surface area contributed by atoms with Crippen LogP contribution in [0, 0.1) is 0 Å². The summed E-state index contributed by atoms with van der Waals surface area (Å²) in [5, 5.41) is 3.60. The van der Waals surface area contributed by atoms with E-state index in [1.165, 1.54) is 0 Å². The van der Waals surface area contributed by atoms with Crippen LogP contribution < -0.4 is 29.6 Å². The maximum Gasteiger partial charge on any atom is 1.00 e. The molecule has 0 spiro atoms. The molecule has 2 rings (SSSR count). The van der Waals surface area contributed by atoms with Crippen molar-refractivity contribution in [3.05, 3.63) is 34.6 Å². The zero-order valence-corrected chi connectivity index (χ0v) is 13.7. The van der Waals surface area contributed by atoms with E-state index in [1.54, 1.807) is 24.3 Å². The number of nitrogens with zero attached hydrogens (tertiary/aromatic N) is 2. The summed E-state index contributed by atoms with van der Waals surface area (Å²) >= 11 is 3.28. The van der Waals surface area contributed by atoms with Crippen LogP contribution in [0.5, 0.6) is 0 Å². The number of halogens is 1. The first-order chi connectivity index (χ1) is 7.94. The van der Waals surface area contributed by atoms with E-state index in [-0.39, 0.29) is 41.3 Å². The molecule has 0 fully saturated rings. The second-order valence-corrected chi connectivity index (χ2v) is 5.54. The van der Waals surface area contributed by atoms with Crippen molar-refractivity contribution < 1.29 is 47.1 Å². The summed E-state index contributed by atoms with van der Waals surface area (Å²) in [6, 6.07) is 7.06. The van der Waals surface area contributed by atoms with E-state index in [2.05, 4.69) is 30.6 Å². The molecule has 0 saturated heterocycles. The summed E-state index contributed by atoms with van der Waals surface area (Å²) in [5.41, 5.74) is 0.673. The molecule has 6 nitrogen and oxygen atoms in total. The number of benzene rings is 1. The zero-order chi connectivity index (χ0) is 12.5. The second-order valence-electron chi connectivity index (χ2n) is 3.22. The fourth-order valence-corrected chi connectivity index (χ4v) is 1.86. The maximum atomic E-state index is 10.5. The first-order valence-electron chi connectivity index (χ1n) is 4.46. The largest absolute Gasteiger partial charge is 1.00 e. The average molecular weight is 341 g/mol. The first kappa shape index (κ1) is 15.8. The Kier molecular flexibility index (Phi) is 5.50. The maximum absolute atomic E-state index is 10.5. The van der Waals surface area contributed by atoms with Gasteiger partial charge in [0.1, 0.15) is 15.9 Å². The summed E-state index contributed by atoms with van der Waals surface area (Å²) in [4.78, 5) is 3.82. The van der Waals surface area contributed by atoms with Gasteiger partial charge in [-0.15, -0.1) is 0 Å². The van der Waals surface area contributed by atoms with Crippen LogP contribution in [-0.4, -0.2) is 23.1 Å². The molecule has 0 saturated carbocycles. The van der Waals surface area contributed by atoms with Crippen molar-refractivity contribution in [1.29, 1.82) is 0 Å². The van der Waals surface area contributed by atoms with Crippen LogP contribution in [0.25, 0.3) is 11.4 Å². The fourth-order valence-electron chi connectivity index (χ4n) is 1.18. The molecule has 0 N–H and O–H groups in total. The van der Waals surface area contributed by atoms with Crippen LogP contribution in [0.1, 0.15) is 5.89 Å². The molecule has 0 amide bonds. The van der Waals surface area contributed by atoms with Crippen molar-refractivity contribution in [3.8, 4) is 11.4 Å². The number of hydrogen-bond donors (Lipinski definition) is 0. The topological polar surface area (TPSA) is 96.1 Å². The van der Waals surface area contributed by atoms with Gasteiger partial charge in [-0.1, -0.05) is 21.1 Å². The third-order valence-corrected chi connectivity index (χ3v) is 3.00. The third kappa shape index (κ3) is 4.45. The summed E-state index contributed by atoms with van der Waals surface area (Å²) < 4.78 is 37.1. The van der Waals surface area contributed by atoms with Crippen LogP contribution in [0.15, 0.2) is 33.3 Å². The van der Waals surface area contributed by atoms with Gasteiger partial charge in [0.25, 0.3) is 0 Å². The van der Waals surface area contributed by atoms with Gasteiger partial charge in [0, 0.05) is 10.0 Å². The van der Waals surface area contributed by atoms with Crippen LogP contribution >= 0.6 is 15.9 Å². The minimum atomic E-state index is -4.41. The second kappa shape index (κ2) is 6.27. The first-order valence-corrected chi connectivity index (χ1v) is 6.83.